The van der Waals surface area contributed by atoms with E-state index in [-0.39, 0.29) is 11.9 Å². The standard InChI is InChI=1S/C15H26N2O3/c1-5-9-16(6-2)14(20)17-10-7-8-12(11-17)15(3,4)13(18)19/h5,12H,1,6-11H2,2-4H3,(H,18,19). The molecular weight excluding hydrogens is 256 g/mol. The molecule has 1 aliphatic heterocycles. The predicted octanol–water partition coefficient (Wildman–Crippen LogP) is 2.44. The molecule has 0 radical (unpaired) electrons. The molecule has 0 aromatic heterocycles. The van der Waals surface area contributed by atoms with E-state index >= 15 is 0 Å². The van der Waals surface area contributed by atoms with Gasteiger partial charge < -0.3 is 14.9 Å². The molecule has 1 aliphatic rings. The van der Waals surface area contributed by atoms with Crippen molar-refractivity contribution in [1.29, 1.82) is 0 Å². The quantitative estimate of drug-likeness (QED) is 0.788. The molecule has 0 bridgehead atoms. The van der Waals surface area contributed by atoms with Gasteiger partial charge in [-0.25, -0.2) is 4.79 Å². The number of amides is 2. The highest BCUT2D eigenvalue weighted by Crippen LogP contribution is 2.34. The molecule has 114 valence electrons. The van der Waals surface area contributed by atoms with Gasteiger partial charge in [-0.3, -0.25) is 4.79 Å². The maximum atomic E-state index is 12.4. The van der Waals surface area contributed by atoms with E-state index in [1.807, 2.05) is 6.92 Å². The van der Waals surface area contributed by atoms with Crippen LogP contribution in [0.4, 0.5) is 4.79 Å². The van der Waals surface area contributed by atoms with E-state index in [1.165, 1.54) is 0 Å². The van der Waals surface area contributed by atoms with E-state index in [0.717, 1.165) is 12.8 Å². The summed E-state index contributed by atoms with van der Waals surface area (Å²) in [6.45, 7) is 11.5. The summed E-state index contributed by atoms with van der Waals surface area (Å²) in [6.07, 6.45) is 3.43. The van der Waals surface area contributed by atoms with E-state index in [9.17, 15) is 14.7 Å². The molecule has 5 heteroatoms. The lowest BCUT2D eigenvalue weighted by Crippen LogP contribution is -2.51. The Labute approximate surface area is 121 Å². The number of piperidine rings is 1. The summed E-state index contributed by atoms with van der Waals surface area (Å²) in [5.74, 6) is -0.796. The van der Waals surface area contributed by atoms with Gasteiger partial charge in [-0.2, -0.15) is 0 Å². The Hall–Kier alpha value is -1.52. The molecule has 2 amide bonds. The van der Waals surface area contributed by atoms with Crippen LogP contribution in [0.3, 0.4) is 0 Å². The van der Waals surface area contributed by atoms with Crippen LogP contribution in [-0.2, 0) is 4.79 Å². The highest BCUT2D eigenvalue weighted by atomic mass is 16.4. The SMILES string of the molecule is C=CCN(CC)C(=O)N1CCCC(C(C)(C)C(=O)O)C1. The minimum atomic E-state index is -0.797. The number of hydrogen-bond acceptors (Lipinski definition) is 2. The Morgan fingerprint density at radius 2 is 2.15 bits per heavy atom. The van der Waals surface area contributed by atoms with Gasteiger partial charge in [0.1, 0.15) is 0 Å². The van der Waals surface area contributed by atoms with Gasteiger partial charge in [-0.1, -0.05) is 6.08 Å². The summed E-state index contributed by atoms with van der Waals surface area (Å²) in [7, 11) is 0. The van der Waals surface area contributed by atoms with Crippen LogP contribution in [0.1, 0.15) is 33.6 Å². The fourth-order valence-corrected chi connectivity index (χ4v) is 2.61. The molecule has 1 unspecified atom stereocenters. The second-order valence-corrected chi connectivity index (χ2v) is 5.92. The number of nitrogens with zero attached hydrogens (tertiary/aromatic N) is 2. The number of hydrogen-bond donors (Lipinski definition) is 1. The zero-order valence-corrected chi connectivity index (χ0v) is 12.8. The van der Waals surface area contributed by atoms with Crippen molar-refractivity contribution in [1.82, 2.24) is 9.80 Å². The van der Waals surface area contributed by atoms with E-state index in [0.29, 0.717) is 26.2 Å². The van der Waals surface area contributed by atoms with Gasteiger partial charge in [0.2, 0.25) is 0 Å². The predicted molar refractivity (Wildman–Crippen MR) is 78.6 cm³/mol. The molecular formula is C15H26N2O3. The fraction of sp³-hybridized carbons (Fsp3) is 0.733. The first-order valence-corrected chi connectivity index (χ1v) is 7.22. The van der Waals surface area contributed by atoms with Gasteiger partial charge in [0.25, 0.3) is 0 Å². The van der Waals surface area contributed by atoms with Crippen molar-refractivity contribution in [2.75, 3.05) is 26.2 Å². The molecule has 0 spiro atoms. The average molecular weight is 282 g/mol. The smallest absolute Gasteiger partial charge is 0.320 e. The molecule has 1 rings (SSSR count). The van der Waals surface area contributed by atoms with Crippen molar-refractivity contribution in [3.05, 3.63) is 12.7 Å². The van der Waals surface area contributed by atoms with E-state index in [2.05, 4.69) is 6.58 Å². The van der Waals surface area contributed by atoms with Crippen molar-refractivity contribution in [3.63, 3.8) is 0 Å². The number of carbonyl (C=O) groups excluding carboxylic acids is 1. The Bertz CT molecular complexity index is 379. The van der Waals surface area contributed by atoms with Crippen LogP contribution in [0, 0.1) is 11.3 Å². The number of likely N-dealkylation sites (tertiary alicyclic amines) is 1. The van der Waals surface area contributed by atoms with E-state index in [1.54, 1.807) is 29.7 Å². The number of urea groups is 1. The third kappa shape index (κ3) is 3.52. The Balaban J connectivity index is 2.76. The topological polar surface area (TPSA) is 60.9 Å². The summed E-state index contributed by atoms with van der Waals surface area (Å²) >= 11 is 0. The minimum absolute atomic E-state index is 0.000127. The maximum Gasteiger partial charge on any atom is 0.320 e. The second kappa shape index (κ2) is 6.77. The maximum absolute atomic E-state index is 12.4. The molecule has 0 aromatic carbocycles. The monoisotopic (exact) mass is 282 g/mol. The number of aliphatic carboxylic acids is 1. The Morgan fingerprint density at radius 3 is 2.65 bits per heavy atom. The third-order valence-electron chi connectivity index (χ3n) is 4.27. The Kier molecular flexibility index (Phi) is 5.60. The average Bonchev–Trinajstić information content (AvgIpc) is 2.44. The van der Waals surface area contributed by atoms with Crippen molar-refractivity contribution in [2.24, 2.45) is 11.3 Å². The lowest BCUT2D eigenvalue weighted by atomic mass is 9.74. The van der Waals surface area contributed by atoms with Crippen LogP contribution >= 0.6 is 0 Å². The number of likely N-dealkylation sites (N-methyl/N-ethyl adjacent to an activating group) is 1. The van der Waals surface area contributed by atoms with E-state index < -0.39 is 11.4 Å². The Morgan fingerprint density at radius 1 is 1.50 bits per heavy atom. The number of carbonyl (C=O) groups is 2. The molecule has 1 N–H and O–H groups in total. The molecule has 1 saturated heterocycles. The normalized spacial score (nSPS) is 19.6. The molecule has 1 heterocycles. The first-order valence-electron chi connectivity index (χ1n) is 7.22. The molecule has 0 saturated carbocycles. The van der Waals surface area contributed by atoms with Gasteiger partial charge in [0.15, 0.2) is 0 Å². The summed E-state index contributed by atoms with van der Waals surface area (Å²) in [5, 5.41) is 9.33. The first-order chi connectivity index (χ1) is 9.34. The first kappa shape index (κ1) is 16.5. The molecule has 0 aliphatic carbocycles. The lowest BCUT2D eigenvalue weighted by molar-refractivity contribution is -0.151. The van der Waals surface area contributed by atoms with Crippen molar-refractivity contribution in [3.8, 4) is 0 Å². The van der Waals surface area contributed by atoms with E-state index in [4.69, 9.17) is 0 Å². The van der Waals surface area contributed by atoms with Crippen LogP contribution in [0.15, 0.2) is 12.7 Å². The summed E-state index contributed by atoms with van der Waals surface area (Å²) < 4.78 is 0. The summed E-state index contributed by atoms with van der Waals surface area (Å²) in [4.78, 5) is 27.3. The van der Waals surface area contributed by atoms with Gasteiger partial charge >= 0.3 is 12.0 Å². The molecule has 5 nitrogen and oxygen atoms in total. The van der Waals surface area contributed by atoms with Gasteiger partial charge in [-0.15, -0.1) is 6.58 Å². The van der Waals surface area contributed by atoms with Crippen LogP contribution in [0.2, 0.25) is 0 Å². The van der Waals surface area contributed by atoms with Crippen LogP contribution in [-0.4, -0.2) is 53.1 Å². The van der Waals surface area contributed by atoms with Gasteiger partial charge in [0, 0.05) is 26.2 Å². The fourth-order valence-electron chi connectivity index (χ4n) is 2.61. The molecule has 20 heavy (non-hydrogen) atoms. The lowest BCUT2D eigenvalue weighted by Gasteiger charge is -2.40. The van der Waals surface area contributed by atoms with Crippen LogP contribution < -0.4 is 0 Å². The molecule has 0 aromatic rings. The summed E-state index contributed by atoms with van der Waals surface area (Å²) in [6, 6.07) is -0.0155. The van der Waals surface area contributed by atoms with Crippen molar-refractivity contribution in [2.45, 2.75) is 33.6 Å². The third-order valence-corrected chi connectivity index (χ3v) is 4.27. The number of carboxylic acid groups (broad SMARTS) is 1. The second-order valence-electron chi connectivity index (χ2n) is 5.92. The van der Waals surface area contributed by atoms with Crippen LogP contribution in [0.5, 0.6) is 0 Å². The van der Waals surface area contributed by atoms with Crippen LogP contribution in [0.25, 0.3) is 0 Å². The zero-order valence-electron chi connectivity index (χ0n) is 12.8. The number of carboxylic acids is 1. The zero-order chi connectivity index (χ0) is 15.3. The molecule has 1 fully saturated rings. The van der Waals surface area contributed by atoms with Crippen molar-refractivity contribution < 1.29 is 14.7 Å². The minimum Gasteiger partial charge on any atom is -0.481 e. The summed E-state index contributed by atoms with van der Waals surface area (Å²) in [5.41, 5.74) is -0.797. The van der Waals surface area contributed by atoms with Gasteiger partial charge in [-0.05, 0) is 39.5 Å². The highest BCUT2D eigenvalue weighted by molar-refractivity contribution is 5.76. The van der Waals surface area contributed by atoms with Crippen molar-refractivity contribution >= 4 is 12.0 Å². The largest absolute Gasteiger partial charge is 0.481 e. The molecule has 1 atom stereocenters. The number of rotatable bonds is 5. The highest BCUT2D eigenvalue weighted by Gasteiger charge is 2.40. The van der Waals surface area contributed by atoms with Gasteiger partial charge in [0.05, 0.1) is 5.41 Å².